The molecule has 5 heteroatoms. The Morgan fingerprint density at radius 2 is 1.34 bits per heavy atom. The summed E-state index contributed by atoms with van der Waals surface area (Å²) in [6.45, 7) is 21.2. The zero-order valence-corrected chi connectivity index (χ0v) is 38.7. The van der Waals surface area contributed by atoms with E-state index in [1.165, 1.54) is 0 Å². The van der Waals surface area contributed by atoms with E-state index in [1.807, 2.05) is 54.6 Å². The van der Waals surface area contributed by atoms with Crippen molar-refractivity contribution >= 4 is 11.0 Å². The number of aromatic nitrogens is 3. The van der Waals surface area contributed by atoms with Gasteiger partial charge in [0.2, 0.25) is 0 Å². The third-order valence-corrected chi connectivity index (χ3v) is 11.1. The third kappa shape index (κ3) is 8.79. The molecule has 4 nitrogen and oxygen atoms in total. The number of nitrogens with zero attached hydrogens (tertiary/aromatic N) is 3. The van der Waals surface area contributed by atoms with Gasteiger partial charge in [-0.3, -0.25) is 9.55 Å². The molecule has 8 aromatic rings. The summed E-state index contributed by atoms with van der Waals surface area (Å²) in [6, 6.07) is 30.5. The summed E-state index contributed by atoms with van der Waals surface area (Å²) in [5.74, 6) is 0.893. The second-order valence-corrected chi connectivity index (χ2v) is 18.3. The van der Waals surface area contributed by atoms with Crippen LogP contribution in [0.4, 0.5) is 0 Å². The number of aromatic hydroxyl groups is 1. The molecule has 0 amide bonds. The fourth-order valence-corrected chi connectivity index (χ4v) is 7.57. The molecule has 2 aromatic heterocycles. The molecule has 0 saturated carbocycles. The summed E-state index contributed by atoms with van der Waals surface area (Å²) in [4.78, 5) is 9.95. The number of hydrogen-bond acceptors (Lipinski definition) is 3. The first-order chi connectivity index (χ1) is 31.9. The molecule has 0 unspecified atom stereocenters. The molecule has 0 aliphatic heterocycles. The van der Waals surface area contributed by atoms with Gasteiger partial charge in [-0.1, -0.05) is 171 Å². The molecular formula is C56H56N3OPt-. The van der Waals surface area contributed by atoms with Gasteiger partial charge in [-0.2, -0.15) is 0 Å². The molecule has 0 fully saturated rings. The topological polar surface area (TPSA) is 50.9 Å². The van der Waals surface area contributed by atoms with Gasteiger partial charge < -0.3 is 5.11 Å². The van der Waals surface area contributed by atoms with E-state index in [2.05, 4.69) is 121 Å². The number of pyridine rings is 1. The van der Waals surface area contributed by atoms with Crippen LogP contribution in [-0.4, -0.2) is 19.6 Å². The minimum atomic E-state index is -0.605. The molecule has 0 saturated heterocycles. The van der Waals surface area contributed by atoms with Gasteiger partial charge in [0.1, 0.15) is 11.6 Å². The Hall–Kier alpha value is -5.57. The van der Waals surface area contributed by atoms with Crippen molar-refractivity contribution < 1.29 is 37.1 Å². The van der Waals surface area contributed by atoms with E-state index in [0.717, 1.165) is 44.6 Å². The van der Waals surface area contributed by atoms with Gasteiger partial charge in [0.15, 0.2) is 0 Å². The van der Waals surface area contributed by atoms with Crippen molar-refractivity contribution in [2.75, 3.05) is 0 Å². The van der Waals surface area contributed by atoms with Crippen LogP contribution >= 0.6 is 0 Å². The largest absolute Gasteiger partial charge is 0.507 e. The van der Waals surface area contributed by atoms with Crippen LogP contribution in [0.15, 0.2) is 139 Å². The van der Waals surface area contributed by atoms with Crippen molar-refractivity contribution in [2.45, 2.75) is 91.9 Å². The van der Waals surface area contributed by atoms with E-state index in [0.29, 0.717) is 33.6 Å². The number of fused-ring (bicyclic) bond motifs is 1. The van der Waals surface area contributed by atoms with Crippen LogP contribution in [0.2, 0.25) is 0 Å². The third-order valence-electron chi connectivity index (χ3n) is 11.1. The van der Waals surface area contributed by atoms with Crippen molar-refractivity contribution in [3.8, 4) is 67.5 Å². The molecule has 61 heavy (non-hydrogen) atoms. The maximum Gasteiger partial charge on any atom is 0.148 e. The summed E-state index contributed by atoms with van der Waals surface area (Å²) in [5.41, 5.74) is 9.11. The molecule has 8 rings (SSSR count). The molecule has 0 aliphatic rings. The van der Waals surface area contributed by atoms with Crippen LogP contribution in [0.5, 0.6) is 5.75 Å². The van der Waals surface area contributed by atoms with Crippen LogP contribution in [0.25, 0.3) is 72.7 Å². The first-order valence-electron chi connectivity index (χ1n) is 24.6. The van der Waals surface area contributed by atoms with E-state index in [9.17, 15) is 6.48 Å². The summed E-state index contributed by atoms with van der Waals surface area (Å²) in [6.07, 6.45) is -0.518. The molecule has 0 radical (unpaired) electrons. The SMILES string of the molecule is [2H]c1nc(-c2[c-]c(-c3cccc4c3nc(-c3cc(C(C)C)cc(C(C)C)c3O)n4-c3cc(-c4ccccc4)cc(C(C)(C)C)c3)cc(C(C)(C)C)c2)c([2H])c(-c2c([2H])c([2H])c([2H])c([2H])c2[2H])c1[2H].[Pt]. The second-order valence-electron chi connectivity index (χ2n) is 18.3. The maximum atomic E-state index is 12.3. The van der Waals surface area contributed by atoms with E-state index >= 15 is 0 Å². The Bertz CT molecular complexity index is 3290. The fraction of sp³-hybridized carbons (Fsp3) is 0.250. The Morgan fingerprint density at radius 3 is 2.02 bits per heavy atom. The van der Waals surface area contributed by atoms with E-state index in [1.54, 1.807) is 0 Å². The van der Waals surface area contributed by atoms with Gasteiger partial charge in [0.25, 0.3) is 0 Å². The molecule has 0 spiro atoms. The summed E-state index contributed by atoms with van der Waals surface area (Å²) >= 11 is 0. The van der Waals surface area contributed by atoms with Crippen LogP contribution in [0.1, 0.15) is 114 Å². The monoisotopic (exact) mass is 989 g/mol. The fourth-order valence-electron chi connectivity index (χ4n) is 7.57. The quantitative estimate of drug-likeness (QED) is 0.154. The standard InChI is InChI=1S/C56H56N3O.Pt/c1-35(2)40-31-48(36(3)4)53(60)49(32-40)54-58-52-47(22-17-23-51(52)59(54)46-30-41(38-20-15-12-16-21-38)27-45(34-46)56(8,9)10)42-26-43(29-44(28-42)55(5,6)7)50-33-39(24-25-57-50)37-18-13-11-14-19-37;/h11-25,27-36,60H,1-10H3;/q-1;/i11D,13D,14D,18D,19D,24D,25D,33D;. The van der Waals surface area contributed by atoms with Gasteiger partial charge in [0.05, 0.1) is 27.6 Å². The molecule has 2 heterocycles. The predicted molar refractivity (Wildman–Crippen MR) is 252 cm³/mol. The number of rotatable bonds is 8. The predicted octanol–water partition coefficient (Wildman–Crippen LogP) is 15.1. The minimum absolute atomic E-state index is 0. The Kier molecular flexibility index (Phi) is 9.53. The molecular weight excluding hydrogens is 926 g/mol. The molecule has 0 aliphatic carbocycles. The van der Waals surface area contributed by atoms with E-state index < -0.39 is 47.8 Å². The Morgan fingerprint density at radius 1 is 0.656 bits per heavy atom. The number of imidazole rings is 1. The molecule has 0 atom stereocenters. The summed E-state index contributed by atoms with van der Waals surface area (Å²) in [5, 5.41) is 12.3. The number of para-hydroxylation sites is 1. The van der Waals surface area contributed by atoms with Gasteiger partial charge >= 0.3 is 0 Å². The van der Waals surface area contributed by atoms with Gasteiger partial charge in [0, 0.05) is 38.6 Å². The maximum absolute atomic E-state index is 12.3. The normalized spacial score (nSPS) is 13.8. The number of phenols is 1. The van der Waals surface area contributed by atoms with Gasteiger partial charge in [-0.25, -0.2) is 4.98 Å². The summed E-state index contributed by atoms with van der Waals surface area (Å²) in [7, 11) is 0. The van der Waals surface area contributed by atoms with Crippen molar-refractivity contribution in [1.29, 1.82) is 0 Å². The van der Waals surface area contributed by atoms with Crippen LogP contribution in [-0.2, 0) is 31.9 Å². The average molecular weight is 990 g/mol. The number of benzene rings is 6. The molecule has 312 valence electrons. The van der Waals surface area contributed by atoms with Crippen LogP contribution in [0, 0.1) is 6.07 Å². The second kappa shape index (κ2) is 17.1. The Balaban J connectivity index is 0.00000703. The number of phenolic OH excluding ortho intramolecular Hbond substituents is 1. The van der Waals surface area contributed by atoms with Crippen molar-refractivity contribution in [3.05, 3.63) is 168 Å². The minimum Gasteiger partial charge on any atom is -0.507 e. The van der Waals surface area contributed by atoms with Crippen LogP contribution in [0.3, 0.4) is 0 Å². The first kappa shape index (κ1) is 34.1. The average Bonchev–Trinajstić information content (AvgIpc) is 3.69. The molecule has 0 bridgehead atoms. The van der Waals surface area contributed by atoms with Crippen molar-refractivity contribution in [2.24, 2.45) is 0 Å². The van der Waals surface area contributed by atoms with Gasteiger partial charge in [-0.15, -0.1) is 29.3 Å². The zero-order valence-electron chi connectivity index (χ0n) is 44.4. The van der Waals surface area contributed by atoms with E-state index in [-0.39, 0.29) is 66.9 Å². The van der Waals surface area contributed by atoms with Crippen molar-refractivity contribution in [1.82, 2.24) is 14.5 Å². The smallest absolute Gasteiger partial charge is 0.148 e. The van der Waals surface area contributed by atoms with Crippen molar-refractivity contribution in [3.63, 3.8) is 0 Å². The first-order valence-corrected chi connectivity index (χ1v) is 20.6. The summed E-state index contributed by atoms with van der Waals surface area (Å²) < 4.78 is 71.6. The molecule has 6 aromatic carbocycles. The van der Waals surface area contributed by atoms with E-state index in [4.69, 9.17) is 14.6 Å². The number of hydrogen-bond donors (Lipinski definition) is 1. The molecule has 1 N–H and O–H groups in total. The Labute approximate surface area is 388 Å². The van der Waals surface area contributed by atoms with Gasteiger partial charge in [-0.05, 0) is 91.9 Å². The zero-order chi connectivity index (χ0) is 49.5. The van der Waals surface area contributed by atoms with Crippen LogP contribution < -0.4 is 0 Å².